The van der Waals surface area contributed by atoms with E-state index >= 15 is 0 Å². The summed E-state index contributed by atoms with van der Waals surface area (Å²) in [7, 11) is 1.69. The summed E-state index contributed by atoms with van der Waals surface area (Å²) in [6, 6.07) is 16.1. The highest BCUT2D eigenvalue weighted by Gasteiger charge is 2.09. The molecule has 3 nitrogen and oxygen atoms in total. The van der Waals surface area contributed by atoms with Crippen molar-refractivity contribution in [3.05, 3.63) is 65.9 Å². The Morgan fingerprint density at radius 3 is 2.71 bits per heavy atom. The average molecular weight is 296 g/mol. The molecule has 0 saturated heterocycles. The number of nitrogens with two attached hydrogens (primary N) is 1. The molecule has 1 aromatic heterocycles. The number of para-hydroxylation sites is 1. The fourth-order valence-corrected chi connectivity index (χ4v) is 2.77. The molecule has 0 aliphatic heterocycles. The molecule has 2 aromatic carbocycles. The molecule has 2 N–H and O–H groups in total. The Labute approximate surface area is 128 Å². The van der Waals surface area contributed by atoms with Crippen LogP contribution in [0, 0.1) is 0 Å². The predicted octanol–water partition coefficient (Wildman–Crippen LogP) is 3.33. The largest absolute Gasteiger partial charge is 0.496 e. The molecule has 0 saturated carbocycles. The molecule has 4 heteroatoms. The summed E-state index contributed by atoms with van der Waals surface area (Å²) in [5.41, 5.74) is 8.96. The molecule has 0 fully saturated rings. The Morgan fingerprint density at radius 2 is 1.95 bits per heavy atom. The van der Waals surface area contributed by atoms with Crippen molar-refractivity contribution in [3.8, 4) is 5.75 Å². The summed E-state index contributed by atoms with van der Waals surface area (Å²) in [6.07, 6.45) is 2.05. The van der Waals surface area contributed by atoms with Gasteiger partial charge >= 0.3 is 0 Å². The monoisotopic (exact) mass is 296 g/mol. The summed E-state index contributed by atoms with van der Waals surface area (Å²) in [4.78, 5) is 0.427. The third-order valence-electron chi connectivity index (χ3n) is 3.61. The molecule has 0 spiro atoms. The van der Waals surface area contributed by atoms with Gasteiger partial charge in [-0.15, -0.1) is 0 Å². The van der Waals surface area contributed by atoms with Crippen molar-refractivity contribution >= 4 is 28.1 Å². The molecule has 0 aliphatic rings. The maximum atomic E-state index is 5.79. The highest BCUT2D eigenvalue weighted by molar-refractivity contribution is 7.80. The third kappa shape index (κ3) is 2.50. The van der Waals surface area contributed by atoms with E-state index in [-0.39, 0.29) is 0 Å². The lowest BCUT2D eigenvalue weighted by Gasteiger charge is -2.10. The quantitative estimate of drug-likeness (QED) is 0.751. The zero-order valence-electron chi connectivity index (χ0n) is 11.7. The topological polar surface area (TPSA) is 40.2 Å². The average Bonchev–Trinajstić information content (AvgIpc) is 2.91. The van der Waals surface area contributed by atoms with Crippen molar-refractivity contribution in [2.75, 3.05) is 7.11 Å². The van der Waals surface area contributed by atoms with E-state index in [1.807, 2.05) is 30.3 Å². The van der Waals surface area contributed by atoms with Crippen molar-refractivity contribution in [1.29, 1.82) is 0 Å². The van der Waals surface area contributed by atoms with Gasteiger partial charge in [0.05, 0.1) is 13.7 Å². The van der Waals surface area contributed by atoms with Crippen molar-refractivity contribution in [1.82, 2.24) is 4.57 Å². The standard InChI is InChI=1S/C17H16N2OS/c1-20-16-8-3-2-5-12(16)11-19-10-9-13-14(17(18)21)6-4-7-15(13)19/h2-10H,11H2,1H3,(H2,18,21). The first kappa shape index (κ1) is 13.6. The molecule has 0 radical (unpaired) electrons. The van der Waals surface area contributed by atoms with Crippen LogP contribution in [-0.4, -0.2) is 16.7 Å². The number of methoxy groups -OCH3 is 1. The van der Waals surface area contributed by atoms with Gasteiger partial charge < -0.3 is 15.0 Å². The highest BCUT2D eigenvalue weighted by Crippen LogP contribution is 2.24. The van der Waals surface area contributed by atoms with Crippen LogP contribution in [0.3, 0.4) is 0 Å². The summed E-state index contributed by atoms with van der Waals surface area (Å²) in [5, 5.41) is 1.08. The normalized spacial score (nSPS) is 10.7. The number of thiocarbonyl (C=S) groups is 1. The number of rotatable bonds is 4. The van der Waals surface area contributed by atoms with Crippen molar-refractivity contribution < 1.29 is 4.74 Å². The minimum absolute atomic E-state index is 0.427. The van der Waals surface area contributed by atoms with Crippen molar-refractivity contribution in [2.45, 2.75) is 6.54 Å². The fourth-order valence-electron chi connectivity index (χ4n) is 2.59. The zero-order valence-corrected chi connectivity index (χ0v) is 12.6. The molecule has 0 bridgehead atoms. The van der Waals surface area contributed by atoms with Gasteiger partial charge in [0.15, 0.2) is 0 Å². The zero-order chi connectivity index (χ0) is 14.8. The molecule has 0 aliphatic carbocycles. The number of hydrogen-bond donors (Lipinski definition) is 1. The summed E-state index contributed by atoms with van der Waals surface area (Å²) < 4.78 is 7.59. The summed E-state index contributed by atoms with van der Waals surface area (Å²) in [5.74, 6) is 0.893. The van der Waals surface area contributed by atoms with E-state index in [9.17, 15) is 0 Å². The number of ether oxygens (including phenoxy) is 1. The van der Waals surface area contributed by atoms with Crippen LogP contribution in [-0.2, 0) is 6.54 Å². The number of aromatic nitrogens is 1. The maximum Gasteiger partial charge on any atom is 0.123 e. The molecule has 0 unspecified atom stereocenters. The van der Waals surface area contributed by atoms with Crippen LogP contribution in [0.25, 0.3) is 10.9 Å². The van der Waals surface area contributed by atoms with Gasteiger partial charge in [0.2, 0.25) is 0 Å². The summed E-state index contributed by atoms with van der Waals surface area (Å²) in [6.45, 7) is 0.744. The summed E-state index contributed by atoms with van der Waals surface area (Å²) >= 11 is 5.12. The van der Waals surface area contributed by atoms with Gasteiger partial charge in [-0.2, -0.15) is 0 Å². The molecule has 3 rings (SSSR count). The molecule has 1 heterocycles. The number of benzene rings is 2. The number of nitrogens with zero attached hydrogens (tertiary/aromatic N) is 1. The lowest BCUT2D eigenvalue weighted by Crippen LogP contribution is -2.09. The van der Waals surface area contributed by atoms with Gasteiger partial charge in [-0.1, -0.05) is 42.5 Å². The van der Waals surface area contributed by atoms with Crippen molar-refractivity contribution in [2.24, 2.45) is 5.73 Å². The van der Waals surface area contributed by atoms with Crippen LogP contribution in [0.4, 0.5) is 0 Å². The Kier molecular flexibility index (Phi) is 3.62. The Bertz CT molecular complexity index is 807. The first-order valence-electron chi connectivity index (χ1n) is 6.70. The molecule has 3 aromatic rings. The van der Waals surface area contributed by atoms with Gasteiger partial charge in [-0.3, -0.25) is 0 Å². The van der Waals surface area contributed by atoms with Crippen LogP contribution >= 0.6 is 12.2 Å². The second-order valence-electron chi connectivity index (χ2n) is 4.86. The maximum absolute atomic E-state index is 5.79. The highest BCUT2D eigenvalue weighted by atomic mass is 32.1. The van der Waals surface area contributed by atoms with E-state index in [4.69, 9.17) is 22.7 Å². The fraction of sp³-hybridized carbons (Fsp3) is 0.118. The molecule has 0 amide bonds. The van der Waals surface area contributed by atoms with Gasteiger partial charge in [-0.05, 0) is 18.2 Å². The Balaban J connectivity index is 2.06. The molecular formula is C17H16N2OS. The van der Waals surface area contributed by atoms with Crippen LogP contribution < -0.4 is 10.5 Å². The van der Waals surface area contributed by atoms with E-state index in [1.165, 1.54) is 0 Å². The second kappa shape index (κ2) is 5.58. The van der Waals surface area contributed by atoms with Crippen LogP contribution in [0.15, 0.2) is 54.7 Å². The minimum Gasteiger partial charge on any atom is -0.496 e. The lowest BCUT2D eigenvalue weighted by atomic mass is 10.1. The van der Waals surface area contributed by atoms with Gasteiger partial charge in [0.25, 0.3) is 0 Å². The number of hydrogen-bond acceptors (Lipinski definition) is 2. The molecular weight excluding hydrogens is 280 g/mol. The van der Waals surface area contributed by atoms with Gasteiger partial charge in [0.1, 0.15) is 10.7 Å². The van der Waals surface area contributed by atoms with Crippen LogP contribution in [0.1, 0.15) is 11.1 Å². The van der Waals surface area contributed by atoms with Gasteiger partial charge in [-0.25, -0.2) is 0 Å². The number of fused-ring (bicyclic) bond motifs is 1. The lowest BCUT2D eigenvalue weighted by molar-refractivity contribution is 0.408. The van der Waals surface area contributed by atoms with E-state index < -0.39 is 0 Å². The van der Waals surface area contributed by atoms with Crippen LogP contribution in [0.5, 0.6) is 5.75 Å². The van der Waals surface area contributed by atoms with Gasteiger partial charge in [0, 0.05) is 28.2 Å². The van der Waals surface area contributed by atoms with E-state index in [0.717, 1.165) is 34.3 Å². The smallest absolute Gasteiger partial charge is 0.123 e. The first-order chi connectivity index (χ1) is 10.2. The van der Waals surface area contributed by atoms with E-state index in [1.54, 1.807) is 7.11 Å². The Hall–Kier alpha value is -2.33. The van der Waals surface area contributed by atoms with Crippen LogP contribution in [0.2, 0.25) is 0 Å². The minimum atomic E-state index is 0.427. The first-order valence-corrected chi connectivity index (χ1v) is 7.11. The Morgan fingerprint density at radius 1 is 1.14 bits per heavy atom. The SMILES string of the molecule is COc1ccccc1Cn1ccc2c(C(N)=S)cccc21. The van der Waals surface area contributed by atoms with Crippen molar-refractivity contribution in [3.63, 3.8) is 0 Å². The molecule has 106 valence electrons. The van der Waals surface area contributed by atoms with E-state index in [2.05, 4.69) is 29.0 Å². The predicted molar refractivity (Wildman–Crippen MR) is 89.9 cm³/mol. The second-order valence-corrected chi connectivity index (χ2v) is 5.30. The third-order valence-corrected chi connectivity index (χ3v) is 3.83. The molecule has 21 heavy (non-hydrogen) atoms. The molecule has 0 atom stereocenters. The van der Waals surface area contributed by atoms with E-state index in [0.29, 0.717) is 4.99 Å².